The fourth-order valence-corrected chi connectivity index (χ4v) is 2.58. The van der Waals surface area contributed by atoms with Gasteiger partial charge in [0.1, 0.15) is 6.04 Å². The molecule has 5 nitrogen and oxygen atoms in total. The number of amides is 2. The molecule has 1 atom stereocenters. The summed E-state index contributed by atoms with van der Waals surface area (Å²) in [4.78, 5) is 23.1. The molecule has 1 aromatic carbocycles. The zero-order chi connectivity index (χ0) is 13.7. The van der Waals surface area contributed by atoms with Crippen molar-refractivity contribution in [2.75, 3.05) is 17.6 Å². The number of hydrogen-bond acceptors (Lipinski definition) is 4. The minimum Gasteiger partial charge on any atom is -0.334 e. The van der Waals surface area contributed by atoms with Gasteiger partial charge in [-0.3, -0.25) is 9.59 Å². The van der Waals surface area contributed by atoms with Crippen LogP contribution in [0.4, 0.5) is 10.5 Å². The molecule has 7 heteroatoms. The molecule has 110 valence electrons. The Kier molecular flexibility index (Phi) is 6.84. The van der Waals surface area contributed by atoms with Crippen molar-refractivity contribution in [3.63, 3.8) is 0 Å². The maximum atomic E-state index is 12.0. The molecule has 0 radical (unpaired) electrons. The van der Waals surface area contributed by atoms with Gasteiger partial charge < -0.3 is 16.0 Å². The highest BCUT2D eigenvalue weighted by molar-refractivity contribution is 8.14. The molecule has 1 aliphatic rings. The Morgan fingerprint density at radius 1 is 1.45 bits per heavy atom. The maximum absolute atomic E-state index is 12.0. The molecule has 3 N–H and O–H groups in total. The lowest BCUT2D eigenvalue weighted by Crippen LogP contribution is -2.38. The molecule has 2 rings (SSSR count). The van der Waals surface area contributed by atoms with E-state index in [1.54, 1.807) is 0 Å². The van der Waals surface area contributed by atoms with Crippen LogP contribution in [0.15, 0.2) is 24.3 Å². The van der Waals surface area contributed by atoms with Gasteiger partial charge in [-0.25, -0.2) is 0 Å². The third kappa shape index (κ3) is 4.40. The van der Waals surface area contributed by atoms with Crippen LogP contribution in [0.25, 0.3) is 0 Å². The lowest BCUT2D eigenvalue weighted by molar-refractivity contribution is -0.117. The summed E-state index contributed by atoms with van der Waals surface area (Å²) in [5, 5.41) is 8.60. The normalized spacial score (nSPS) is 17.2. The molecule has 0 spiro atoms. The average Bonchev–Trinajstić information content (AvgIpc) is 2.84. The molecule has 0 aromatic heterocycles. The first-order valence-corrected chi connectivity index (χ1v) is 7.22. The monoisotopic (exact) mass is 315 g/mol. The zero-order valence-electron chi connectivity index (χ0n) is 11.1. The standard InChI is InChI=1S/C13H17N3O2S.ClH/c1-2-14-7-9-5-3-4-6-10(9)15-12(17)11-8-19-13(18)16-11;/h3-6,11,14H,2,7-8H2,1H3,(H,15,17)(H,16,18);1H/t11-;/m0./s1. The number of thioether (sulfide) groups is 1. The molecule has 0 bridgehead atoms. The van der Waals surface area contributed by atoms with E-state index in [-0.39, 0.29) is 23.6 Å². The number of anilines is 1. The smallest absolute Gasteiger partial charge is 0.279 e. The number of halogens is 1. The minimum atomic E-state index is -0.440. The van der Waals surface area contributed by atoms with Gasteiger partial charge in [0.05, 0.1) is 0 Å². The summed E-state index contributed by atoms with van der Waals surface area (Å²) in [5.74, 6) is 0.322. The maximum Gasteiger partial charge on any atom is 0.279 e. The van der Waals surface area contributed by atoms with Gasteiger partial charge in [-0.1, -0.05) is 36.9 Å². The molecule has 1 fully saturated rings. The summed E-state index contributed by atoms with van der Waals surface area (Å²) in [7, 11) is 0. The predicted molar refractivity (Wildman–Crippen MR) is 84.5 cm³/mol. The van der Waals surface area contributed by atoms with Crippen molar-refractivity contribution in [2.45, 2.75) is 19.5 Å². The third-order valence-electron chi connectivity index (χ3n) is 2.83. The first kappa shape index (κ1) is 16.8. The number of hydrogen-bond donors (Lipinski definition) is 3. The first-order valence-electron chi connectivity index (χ1n) is 6.23. The second kappa shape index (κ2) is 8.14. The summed E-state index contributed by atoms with van der Waals surface area (Å²) in [6.45, 7) is 3.61. The topological polar surface area (TPSA) is 70.2 Å². The molecular weight excluding hydrogens is 298 g/mol. The van der Waals surface area contributed by atoms with Gasteiger partial charge in [0, 0.05) is 18.0 Å². The Hall–Kier alpha value is -1.24. The van der Waals surface area contributed by atoms with Gasteiger partial charge in [0.2, 0.25) is 5.91 Å². The third-order valence-corrected chi connectivity index (χ3v) is 3.71. The van der Waals surface area contributed by atoms with Crippen molar-refractivity contribution in [3.05, 3.63) is 29.8 Å². The largest absolute Gasteiger partial charge is 0.334 e. The SMILES string of the molecule is CCNCc1ccccc1NC(=O)[C@@H]1CSC(=O)N1.Cl. The van der Waals surface area contributed by atoms with Gasteiger partial charge in [0.15, 0.2) is 0 Å². The molecule has 1 heterocycles. The summed E-state index contributed by atoms with van der Waals surface area (Å²) in [6.07, 6.45) is 0. The Balaban J connectivity index is 0.00000200. The van der Waals surface area contributed by atoms with E-state index in [2.05, 4.69) is 16.0 Å². The van der Waals surface area contributed by atoms with Crippen LogP contribution >= 0.6 is 24.2 Å². The molecular formula is C13H18ClN3O2S. The van der Waals surface area contributed by atoms with Crippen LogP contribution < -0.4 is 16.0 Å². The second-order valence-corrected chi connectivity index (χ2v) is 5.21. The van der Waals surface area contributed by atoms with Crippen molar-refractivity contribution < 1.29 is 9.59 Å². The van der Waals surface area contributed by atoms with Gasteiger partial charge in [-0.2, -0.15) is 0 Å². The number of nitrogens with one attached hydrogen (secondary N) is 3. The van der Waals surface area contributed by atoms with Crippen molar-refractivity contribution in [1.82, 2.24) is 10.6 Å². The summed E-state index contributed by atoms with van der Waals surface area (Å²) >= 11 is 1.14. The van der Waals surface area contributed by atoms with Crippen molar-refractivity contribution in [3.8, 4) is 0 Å². The van der Waals surface area contributed by atoms with Crippen molar-refractivity contribution in [1.29, 1.82) is 0 Å². The van der Waals surface area contributed by atoms with Crippen molar-refractivity contribution >= 4 is 41.0 Å². The van der Waals surface area contributed by atoms with Crippen LogP contribution in [0, 0.1) is 0 Å². The fourth-order valence-electron chi connectivity index (χ4n) is 1.80. The number of carbonyl (C=O) groups excluding carboxylic acids is 2. The van der Waals surface area contributed by atoms with E-state index in [4.69, 9.17) is 0 Å². The first-order chi connectivity index (χ1) is 9.20. The Morgan fingerprint density at radius 3 is 2.85 bits per heavy atom. The highest BCUT2D eigenvalue weighted by Crippen LogP contribution is 2.18. The second-order valence-electron chi connectivity index (χ2n) is 4.22. The molecule has 20 heavy (non-hydrogen) atoms. The number of carbonyl (C=O) groups is 2. The highest BCUT2D eigenvalue weighted by Gasteiger charge is 2.28. The number of benzene rings is 1. The van der Waals surface area contributed by atoms with Gasteiger partial charge in [0.25, 0.3) is 5.24 Å². The van der Waals surface area contributed by atoms with E-state index >= 15 is 0 Å². The lowest BCUT2D eigenvalue weighted by atomic mass is 10.1. The quantitative estimate of drug-likeness (QED) is 0.777. The molecule has 0 saturated carbocycles. The molecule has 0 aliphatic carbocycles. The Bertz CT molecular complexity index is 484. The Morgan fingerprint density at radius 2 is 2.20 bits per heavy atom. The van der Waals surface area contributed by atoms with Crippen LogP contribution in [-0.2, 0) is 11.3 Å². The molecule has 1 aliphatic heterocycles. The summed E-state index contributed by atoms with van der Waals surface area (Å²) < 4.78 is 0. The van der Waals surface area contributed by atoms with Gasteiger partial charge in [-0.15, -0.1) is 12.4 Å². The van der Waals surface area contributed by atoms with Gasteiger partial charge >= 0.3 is 0 Å². The summed E-state index contributed by atoms with van der Waals surface area (Å²) in [5.41, 5.74) is 1.83. The Labute approximate surface area is 128 Å². The van der Waals surface area contributed by atoms with Crippen LogP contribution in [0.1, 0.15) is 12.5 Å². The van der Waals surface area contributed by atoms with Crippen LogP contribution in [-0.4, -0.2) is 29.5 Å². The molecule has 2 amide bonds. The van der Waals surface area contributed by atoms with Crippen LogP contribution in [0.2, 0.25) is 0 Å². The summed E-state index contributed by atoms with van der Waals surface area (Å²) in [6, 6.07) is 7.22. The van der Waals surface area contributed by atoms with Gasteiger partial charge in [-0.05, 0) is 18.2 Å². The van der Waals surface area contributed by atoms with E-state index < -0.39 is 6.04 Å². The van der Waals surface area contributed by atoms with E-state index in [0.717, 1.165) is 29.6 Å². The highest BCUT2D eigenvalue weighted by atomic mass is 35.5. The van der Waals surface area contributed by atoms with E-state index in [9.17, 15) is 9.59 Å². The van der Waals surface area contributed by atoms with Crippen molar-refractivity contribution in [2.24, 2.45) is 0 Å². The molecule has 1 saturated heterocycles. The fraction of sp³-hybridized carbons (Fsp3) is 0.385. The van der Waals surface area contributed by atoms with E-state index in [1.165, 1.54) is 0 Å². The van der Waals surface area contributed by atoms with Crippen LogP contribution in [0.5, 0.6) is 0 Å². The molecule has 0 unspecified atom stereocenters. The average molecular weight is 316 g/mol. The van der Waals surface area contributed by atoms with E-state index in [0.29, 0.717) is 12.3 Å². The van der Waals surface area contributed by atoms with Crippen LogP contribution in [0.3, 0.4) is 0 Å². The number of para-hydroxylation sites is 1. The predicted octanol–water partition coefficient (Wildman–Crippen LogP) is 1.98. The molecule has 1 aromatic rings. The zero-order valence-corrected chi connectivity index (χ0v) is 12.8. The lowest BCUT2D eigenvalue weighted by Gasteiger charge is -2.14. The minimum absolute atomic E-state index is 0. The van der Waals surface area contributed by atoms with E-state index in [1.807, 2.05) is 31.2 Å². The number of rotatable bonds is 5.